The Morgan fingerprint density at radius 3 is 2.35 bits per heavy atom. The standard InChI is InChI=1S/C41H64N2O11S/c1-13-30-41(9)31(35(38(48)54-41)55-19-17-28-16-14-15-18-42-28)24(4)32(45)22(2)21-40(8,49-12)36(25(5)33(46)26(6)37(47)52-30)53-39-34(51-27(7)44)29(43(10)11)20-23(3)50-39/h14-16,18,22-26,29-31,33-36,39,46H,13,17,19-21H2,1-12H3/t22-,23-,24-,25+,26-,29+,30-,31+,33+,34-,35+,36-,39+,40-,41-/m1/s1. The molecule has 3 fully saturated rings. The van der Waals surface area contributed by atoms with Crippen molar-refractivity contribution in [3.05, 3.63) is 30.1 Å². The van der Waals surface area contributed by atoms with Crippen molar-refractivity contribution >= 4 is 35.5 Å². The summed E-state index contributed by atoms with van der Waals surface area (Å²) >= 11 is 1.42. The Hall–Kier alpha value is -2.62. The average molecular weight is 793 g/mol. The summed E-state index contributed by atoms with van der Waals surface area (Å²) in [4.78, 5) is 61.3. The van der Waals surface area contributed by atoms with Gasteiger partial charge in [0.15, 0.2) is 18.0 Å². The molecule has 0 unspecified atom stereocenters. The Morgan fingerprint density at radius 2 is 1.76 bits per heavy atom. The van der Waals surface area contributed by atoms with Gasteiger partial charge in [-0.2, -0.15) is 0 Å². The zero-order chi connectivity index (χ0) is 41.0. The molecule has 14 heteroatoms. The third-order valence-corrected chi connectivity index (χ3v) is 13.5. The molecule has 3 saturated heterocycles. The van der Waals surface area contributed by atoms with Crippen LogP contribution in [0.2, 0.25) is 0 Å². The van der Waals surface area contributed by atoms with Crippen molar-refractivity contribution in [1.29, 1.82) is 0 Å². The van der Waals surface area contributed by atoms with Crippen molar-refractivity contribution in [2.75, 3.05) is 27.0 Å². The predicted molar refractivity (Wildman–Crippen MR) is 207 cm³/mol. The number of hydrogen-bond acceptors (Lipinski definition) is 14. The van der Waals surface area contributed by atoms with E-state index in [-0.39, 0.29) is 24.3 Å². The molecule has 0 aliphatic carbocycles. The summed E-state index contributed by atoms with van der Waals surface area (Å²) in [7, 11) is 5.31. The second-order valence-electron chi connectivity index (χ2n) is 16.5. The number of likely N-dealkylation sites (N-methyl/N-ethyl adjacent to an activating group) is 1. The Morgan fingerprint density at radius 1 is 1.07 bits per heavy atom. The lowest BCUT2D eigenvalue weighted by molar-refractivity contribution is -0.303. The Bertz CT molecular complexity index is 1480. The van der Waals surface area contributed by atoms with E-state index in [1.807, 2.05) is 71.8 Å². The summed E-state index contributed by atoms with van der Waals surface area (Å²) in [6.45, 7) is 15.7. The smallest absolute Gasteiger partial charge is 0.320 e. The number of carbonyl (C=O) groups excluding carboxylic acids is 4. The molecule has 0 saturated carbocycles. The van der Waals surface area contributed by atoms with Gasteiger partial charge in [0.05, 0.1) is 35.9 Å². The minimum atomic E-state index is -1.32. The molecule has 3 aliphatic heterocycles. The van der Waals surface area contributed by atoms with Crippen LogP contribution >= 0.6 is 11.8 Å². The molecule has 0 radical (unpaired) electrons. The second kappa shape index (κ2) is 18.8. The van der Waals surface area contributed by atoms with Crippen molar-refractivity contribution in [2.45, 2.75) is 147 Å². The Balaban J connectivity index is 1.76. The monoisotopic (exact) mass is 792 g/mol. The number of rotatable bonds is 10. The van der Waals surface area contributed by atoms with E-state index in [4.69, 9.17) is 28.4 Å². The van der Waals surface area contributed by atoms with E-state index in [1.54, 1.807) is 27.0 Å². The molecule has 0 spiro atoms. The molecule has 4 rings (SSSR count). The molecule has 1 aromatic rings. The zero-order valence-electron chi connectivity index (χ0n) is 34.7. The first kappa shape index (κ1) is 45.1. The fourth-order valence-corrected chi connectivity index (χ4v) is 10.5. The van der Waals surface area contributed by atoms with E-state index < -0.39 is 94.7 Å². The topological polar surface area (TPSA) is 160 Å². The summed E-state index contributed by atoms with van der Waals surface area (Å²) < 4.78 is 37.6. The SMILES string of the molecule is CC[C@H]1OC(=O)[C@H](C)[C@@H](O)[C@H](C)[C@@H](O[C@@H]2O[C@H](C)C[C@H](N(C)C)[C@H]2OC(C)=O)[C@](C)(OC)C[C@@H](C)C(=O)[C@H](C)[C@H]2[C@H](SCCc3ccccn3)C(=O)O[C@@]21C. The highest BCUT2D eigenvalue weighted by Gasteiger charge is 2.61. The van der Waals surface area contributed by atoms with E-state index in [9.17, 15) is 24.3 Å². The van der Waals surface area contributed by atoms with Crippen LogP contribution < -0.4 is 0 Å². The van der Waals surface area contributed by atoms with Gasteiger partial charge in [0.25, 0.3) is 0 Å². The number of aryl methyl sites for hydroxylation is 1. The van der Waals surface area contributed by atoms with Crippen molar-refractivity contribution in [3.63, 3.8) is 0 Å². The number of carbonyl (C=O) groups is 4. The molecular formula is C41H64N2O11S. The highest BCUT2D eigenvalue weighted by molar-refractivity contribution is 8.00. The van der Waals surface area contributed by atoms with Crippen LogP contribution in [0.5, 0.6) is 0 Å². The molecule has 15 atom stereocenters. The molecule has 55 heavy (non-hydrogen) atoms. The van der Waals surface area contributed by atoms with Gasteiger partial charge >= 0.3 is 17.9 Å². The number of ketones is 1. The maximum atomic E-state index is 14.7. The van der Waals surface area contributed by atoms with Gasteiger partial charge in [0.1, 0.15) is 17.1 Å². The lowest BCUT2D eigenvalue weighted by atomic mass is 9.70. The van der Waals surface area contributed by atoms with Gasteiger partial charge < -0.3 is 38.4 Å². The number of methoxy groups -OCH3 is 1. The number of nitrogens with zero attached hydrogens (tertiary/aromatic N) is 2. The van der Waals surface area contributed by atoms with Crippen LogP contribution in [0.1, 0.15) is 87.3 Å². The summed E-state index contributed by atoms with van der Waals surface area (Å²) in [6, 6.07) is 5.45. The average Bonchev–Trinajstić information content (AvgIpc) is 3.40. The first-order chi connectivity index (χ1) is 25.8. The molecular weight excluding hydrogens is 729 g/mol. The van der Waals surface area contributed by atoms with Crippen molar-refractivity contribution < 1.29 is 52.7 Å². The largest absolute Gasteiger partial charge is 0.458 e. The van der Waals surface area contributed by atoms with Gasteiger partial charge in [-0.25, -0.2) is 0 Å². The number of pyridine rings is 1. The van der Waals surface area contributed by atoms with E-state index in [2.05, 4.69) is 4.98 Å². The van der Waals surface area contributed by atoms with Crippen LogP contribution in [0.3, 0.4) is 0 Å². The highest BCUT2D eigenvalue weighted by atomic mass is 32.2. The molecule has 0 bridgehead atoms. The first-order valence-electron chi connectivity index (χ1n) is 19.7. The molecule has 1 aromatic heterocycles. The van der Waals surface area contributed by atoms with E-state index in [1.165, 1.54) is 25.8 Å². The number of Topliss-reactive ketones (excluding diaryl/α,β-unsaturated/α-hetero) is 1. The Labute approximate surface area is 331 Å². The van der Waals surface area contributed by atoms with Gasteiger partial charge in [-0.15, -0.1) is 11.8 Å². The van der Waals surface area contributed by atoms with Gasteiger partial charge in [-0.05, 0) is 85.4 Å². The minimum absolute atomic E-state index is 0.111. The zero-order valence-corrected chi connectivity index (χ0v) is 35.5. The van der Waals surface area contributed by atoms with Crippen LogP contribution in [0.4, 0.5) is 0 Å². The Kier molecular flexibility index (Phi) is 15.4. The van der Waals surface area contributed by atoms with E-state index in [0.717, 1.165) is 5.69 Å². The number of hydrogen-bond donors (Lipinski definition) is 1. The van der Waals surface area contributed by atoms with Crippen molar-refractivity contribution in [1.82, 2.24) is 9.88 Å². The summed E-state index contributed by atoms with van der Waals surface area (Å²) in [6.07, 6.45) is -1.92. The predicted octanol–water partition coefficient (Wildman–Crippen LogP) is 4.64. The molecule has 0 amide bonds. The lowest BCUT2D eigenvalue weighted by Crippen LogP contribution is -2.60. The third-order valence-electron chi connectivity index (χ3n) is 12.2. The quantitative estimate of drug-likeness (QED) is 0.258. The van der Waals surface area contributed by atoms with Crippen LogP contribution in [-0.4, -0.2) is 125 Å². The highest BCUT2D eigenvalue weighted by Crippen LogP contribution is 2.49. The molecule has 3 aliphatic rings. The number of aliphatic hydroxyl groups is 1. The normalized spacial score (nSPS) is 40.5. The van der Waals surface area contributed by atoms with Crippen LogP contribution in [0.15, 0.2) is 24.4 Å². The first-order valence-corrected chi connectivity index (χ1v) is 20.7. The summed E-state index contributed by atoms with van der Waals surface area (Å²) in [5.74, 6) is -4.94. The third kappa shape index (κ3) is 9.92. The second-order valence-corrected chi connectivity index (χ2v) is 17.7. The number of cyclic esters (lactones) is 1. The number of aliphatic hydroxyl groups excluding tert-OH is 1. The van der Waals surface area contributed by atoms with Gasteiger partial charge in [-0.1, -0.05) is 33.8 Å². The molecule has 1 N–H and O–H groups in total. The van der Waals surface area contributed by atoms with Crippen LogP contribution in [0.25, 0.3) is 0 Å². The number of thioether (sulfide) groups is 1. The van der Waals surface area contributed by atoms with E-state index in [0.29, 0.717) is 25.0 Å². The van der Waals surface area contributed by atoms with Gasteiger partial charge in [0.2, 0.25) is 0 Å². The van der Waals surface area contributed by atoms with Crippen LogP contribution in [-0.2, 0) is 54.0 Å². The van der Waals surface area contributed by atoms with E-state index >= 15 is 0 Å². The lowest BCUT2D eigenvalue weighted by Gasteiger charge is -2.48. The minimum Gasteiger partial charge on any atom is -0.458 e. The van der Waals surface area contributed by atoms with Crippen molar-refractivity contribution in [3.8, 4) is 0 Å². The summed E-state index contributed by atoms with van der Waals surface area (Å²) in [5, 5.41) is 11.3. The fourth-order valence-electron chi connectivity index (χ4n) is 9.04. The number of fused-ring (bicyclic) bond motifs is 1. The van der Waals surface area contributed by atoms with Crippen molar-refractivity contribution in [2.24, 2.45) is 29.6 Å². The number of aromatic nitrogens is 1. The number of ether oxygens (including phenoxy) is 6. The molecule has 0 aromatic carbocycles. The van der Waals surface area contributed by atoms with Gasteiger partial charge in [0, 0.05) is 49.6 Å². The van der Waals surface area contributed by atoms with Gasteiger partial charge in [-0.3, -0.25) is 24.2 Å². The van der Waals surface area contributed by atoms with Crippen LogP contribution in [0, 0.1) is 29.6 Å². The maximum absolute atomic E-state index is 14.7. The molecule has 4 heterocycles. The maximum Gasteiger partial charge on any atom is 0.320 e. The molecule has 310 valence electrons. The fraction of sp³-hybridized carbons (Fsp3) is 0.780. The summed E-state index contributed by atoms with van der Waals surface area (Å²) in [5.41, 5.74) is -1.66. The molecule has 13 nitrogen and oxygen atoms in total. The number of esters is 3.